The zero-order valence-electron chi connectivity index (χ0n) is 9.68. The van der Waals surface area contributed by atoms with Gasteiger partial charge in [0.05, 0.1) is 0 Å². The van der Waals surface area contributed by atoms with Crippen molar-refractivity contribution in [3.63, 3.8) is 0 Å². The van der Waals surface area contributed by atoms with Gasteiger partial charge in [0.15, 0.2) is 0 Å². The highest BCUT2D eigenvalue weighted by molar-refractivity contribution is 7.91. The molecule has 1 aromatic rings. The molecule has 18 heavy (non-hydrogen) atoms. The molecule has 0 aliphatic heterocycles. The lowest BCUT2D eigenvalue weighted by Crippen LogP contribution is -2.37. The maximum absolute atomic E-state index is 11.3. The maximum Gasteiger partial charge on any atom is 0.315 e. The Labute approximate surface area is 110 Å². The molecule has 100 valence electrons. The average Bonchev–Trinajstić information content (AvgIpc) is 2.93. The van der Waals surface area contributed by atoms with Crippen LogP contribution in [0.15, 0.2) is 16.3 Å². The minimum Gasteiger partial charge on any atom is -0.338 e. The van der Waals surface area contributed by atoms with E-state index in [2.05, 4.69) is 10.6 Å². The molecular weight excluding hydrogens is 274 g/mol. The Morgan fingerprint density at radius 2 is 2.17 bits per heavy atom. The highest BCUT2D eigenvalue weighted by Crippen LogP contribution is 2.20. The van der Waals surface area contributed by atoms with Crippen LogP contribution in [0.1, 0.15) is 17.7 Å². The summed E-state index contributed by atoms with van der Waals surface area (Å²) >= 11 is 1.13. The molecule has 6 nitrogen and oxygen atoms in total. The van der Waals surface area contributed by atoms with Crippen LogP contribution in [0.5, 0.6) is 0 Å². The van der Waals surface area contributed by atoms with Crippen molar-refractivity contribution in [1.82, 2.24) is 10.6 Å². The van der Waals surface area contributed by atoms with Crippen molar-refractivity contribution in [1.29, 1.82) is 0 Å². The van der Waals surface area contributed by atoms with Gasteiger partial charge in [0, 0.05) is 17.5 Å². The van der Waals surface area contributed by atoms with E-state index in [1.54, 1.807) is 6.07 Å². The van der Waals surface area contributed by atoms with Gasteiger partial charge in [-0.2, -0.15) is 0 Å². The summed E-state index contributed by atoms with van der Waals surface area (Å²) in [5.41, 5.74) is 0. The number of nitrogens with one attached hydrogen (secondary N) is 2. The average molecular weight is 289 g/mol. The van der Waals surface area contributed by atoms with Crippen LogP contribution in [-0.4, -0.2) is 27.0 Å². The van der Waals surface area contributed by atoms with Crippen LogP contribution in [0, 0.1) is 0 Å². The quantitative estimate of drug-likeness (QED) is 0.731. The second kappa shape index (κ2) is 5.25. The van der Waals surface area contributed by atoms with E-state index in [0.717, 1.165) is 29.1 Å². The number of amides is 2. The molecule has 1 saturated carbocycles. The smallest absolute Gasteiger partial charge is 0.315 e. The number of sulfonamides is 1. The third-order valence-electron chi connectivity index (χ3n) is 2.49. The predicted octanol–water partition coefficient (Wildman–Crippen LogP) is 0.400. The molecule has 0 radical (unpaired) electrons. The Hall–Kier alpha value is -1.12. The second-order valence-corrected chi connectivity index (χ2v) is 7.15. The van der Waals surface area contributed by atoms with Gasteiger partial charge in [0.1, 0.15) is 4.21 Å². The molecule has 0 saturated heterocycles. The van der Waals surface area contributed by atoms with Gasteiger partial charge >= 0.3 is 6.03 Å². The van der Waals surface area contributed by atoms with E-state index in [1.807, 2.05) is 0 Å². The van der Waals surface area contributed by atoms with Gasteiger partial charge in [-0.05, 0) is 31.4 Å². The molecule has 0 atom stereocenters. The normalized spacial score (nSPS) is 15.4. The van der Waals surface area contributed by atoms with Crippen molar-refractivity contribution < 1.29 is 13.2 Å². The summed E-state index contributed by atoms with van der Waals surface area (Å²) in [6, 6.07) is 3.37. The Kier molecular flexibility index (Phi) is 3.88. The molecule has 0 unspecified atom stereocenters. The summed E-state index contributed by atoms with van der Waals surface area (Å²) in [7, 11) is -3.61. The third-order valence-corrected chi connectivity index (χ3v) is 5.07. The fourth-order valence-corrected chi connectivity index (χ4v) is 3.19. The lowest BCUT2D eigenvalue weighted by Gasteiger charge is -2.05. The third kappa shape index (κ3) is 3.97. The van der Waals surface area contributed by atoms with Crippen LogP contribution in [0.2, 0.25) is 0 Å². The first-order valence-electron chi connectivity index (χ1n) is 5.61. The number of primary sulfonamides is 1. The zero-order valence-corrected chi connectivity index (χ0v) is 11.3. The molecule has 1 fully saturated rings. The fraction of sp³-hybridized carbons (Fsp3) is 0.500. The summed E-state index contributed by atoms with van der Waals surface area (Å²) in [6.07, 6.45) is 2.70. The van der Waals surface area contributed by atoms with E-state index in [4.69, 9.17) is 5.14 Å². The Morgan fingerprint density at radius 3 is 2.72 bits per heavy atom. The Morgan fingerprint density at radius 1 is 1.44 bits per heavy atom. The number of rotatable bonds is 5. The second-order valence-electron chi connectivity index (χ2n) is 4.19. The van der Waals surface area contributed by atoms with E-state index in [-0.39, 0.29) is 10.2 Å². The van der Waals surface area contributed by atoms with Gasteiger partial charge in [0.2, 0.25) is 10.0 Å². The summed E-state index contributed by atoms with van der Waals surface area (Å²) in [5.74, 6) is 0. The summed E-state index contributed by atoms with van der Waals surface area (Å²) in [6.45, 7) is 0.475. The first-order valence-corrected chi connectivity index (χ1v) is 7.97. The fourth-order valence-electron chi connectivity index (χ4n) is 1.41. The molecule has 1 aliphatic rings. The number of urea groups is 1. The van der Waals surface area contributed by atoms with E-state index >= 15 is 0 Å². The SMILES string of the molecule is NS(=O)(=O)c1ccc(CCNC(=O)NC2CC2)s1. The topological polar surface area (TPSA) is 101 Å². The van der Waals surface area contributed by atoms with Crippen LogP contribution in [-0.2, 0) is 16.4 Å². The van der Waals surface area contributed by atoms with Crippen molar-refractivity contribution >= 4 is 27.4 Å². The number of hydrogen-bond acceptors (Lipinski definition) is 4. The maximum atomic E-state index is 11.3. The number of carbonyl (C=O) groups is 1. The Balaban J connectivity index is 1.76. The molecule has 8 heteroatoms. The van der Waals surface area contributed by atoms with Crippen molar-refractivity contribution in [2.45, 2.75) is 29.5 Å². The number of carbonyl (C=O) groups excluding carboxylic acids is 1. The van der Waals surface area contributed by atoms with Crippen LogP contribution in [0.25, 0.3) is 0 Å². The van der Waals surface area contributed by atoms with Gasteiger partial charge < -0.3 is 10.6 Å². The largest absolute Gasteiger partial charge is 0.338 e. The molecule has 2 rings (SSSR count). The molecule has 2 amide bonds. The van der Waals surface area contributed by atoms with Gasteiger partial charge in [-0.25, -0.2) is 18.4 Å². The zero-order chi connectivity index (χ0) is 13.2. The summed E-state index contributed by atoms with van der Waals surface area (Å²) < 4.78 is 22.3. The number of thiophene rings is 1. The lowest BCUT2D eigenvalue weighted by atomic mass is 10.3. The van der Waals surface area contributed by atoms with E-state index in [0.29, 0.717) is 19.0 Å². The summed E-state index contributed by atoms with van der Waals surface area (Å²) in [4.78, 5) is 12.2. The van der Waals surface area contributed by atoms with Gasteiger partial charge in [0.25, 0.3) is 0 Å². The minimum atomic E-state index is -3.61. The molecule has 0 spiro atoms. The number of hydrogen-bond donors (Lipinski definition) is 3. The highest BCUT2D eigenvalue weighted by Gasteiger charge is 2.22. The summed E-state index contributed by atoms with van der Waals surface area (Å²) in [5, 5.41) is 10.5. The van der Waals surface area contributed by atoms with Crippen molar-refractivity contribution in [2.24, 2.45) is 5.14 Å². The van der Waals surface area contributed by atoms with E-state index in [1.165, 1.54) is 6.07 Å². The van der Waals surface area contributed by atoms with E-state index < -0.39 is 10.0 Å². The highest BCUT2D eigenvalue weighted by atomic mass is 32.2. The van der Waals surface area contributed by atoms with Crippen LogP contribution >= 0.6 is 11.3 Å². The minimum absolute atomic E-state index is 0.153. The first-order chi connectivity index (χ1) is 8.45. The van der Waals surface area contributed by atoms with Crippen molar-refractivity contribution in [2.75, 3.05) is 6.54 Å². The van der Waals surface area contributed by atoms with Crippen molar-refractivity contribution in [3.05, 3.63) is 17.0 Å². The first kappa shape index (κ1) is 13.3. The molecular formula is C10H15N3O3S2. The molecule has 1 aliphatic carbocycles. The standard InChI is InChI=1S/C10H15N3O3S2/c11-18(15,16)9-4-3-8(17-9)5-6-12-10(14)13-7-1-2-7/h3-4,7H,1-2,5-6H2,(H2,11,15,16)(H2,12,13,14). The molecule has 1 aromatic heterocycles. The van der Waals surface area contributed by atoms with Crippen molar-refractivity contribution in [3.8, 4) is 0 Å². The van der Waals surface area contributed by atoms with E-state index in [9.17, 15) is 13.2 Å². The lowest BCUT2D eigenvalue weighted by molar-refractivity contribution is 0.240. The van der Waals surface area contributed by atoms with Gasteiger partial charge in [-0.1, -0.05) is 0 Å². The molecule has 4 N–H and O–H groups in total. The monoisotopic (exact) mass is 289 g/mol. The Bertz CT molecular complexity index is 534. The van der Waals surface area contributed by atoms with Crippen LogP contribution in [0.3, 0.4) is 0 Å². The molecule has 0 aromatic carbocycles. The molecule has 1 heterocycles. The molecule has 0 bridgehead atoms. The van der Waals surface area contributed by atoms with Gasteiger partial charge in [-0.15, -0.1) is 11.3 Å². The van der Waals surface area contributed by atoms with Crippen LogP contribution in [0.4, 0.5) is 4.79 Å². The predicted molar refractivity (Wildman–Crippen MR) is 69.0 cm³/mol. The number of nitrogens with two attached hydrogens (primary N) is 1. The van der Waals surface area contributed by atoms with Gasteiger partial charge in [-0.3, -0.25) is 0 Å². The van der Waals surface area contributed by atoms with Crippen LogP contribution < -0.4 is 15.8 Å².